The highest BCUT2D eigenvalue weighted by atomic mass is 19.1. The van der Waals surface area contributed by atoms with Gasteiger partial charge >= 0.3 is 0 Å². The molecule has 0 aliphatic carbocycles. The van der Waals surface area contributed by atoms with E-state index in [4.69, 9.17) is 14.2 Å². The minimum absolute atomic E-state index is 0.255. The average Bonchev–Trinajstić information content (AvgIpc) is 2.66. The van der Waals surface area contributed by atoms with E-state index in [1.54, 1.807) is 26.4 Å². The molecule has 1 amide bonds. The summed E-state index contributed by atoms with van der Waals surface area (Å²) in [6.45, 7) is 3.71. The summed E-state index contributed by atoms with van der Waals surface area (Å²) in [6.07, 6.45) is -0.204. The maximum absolute atomic E-state index is 13.0. The Hall–Kier alpha value is -2.76. The van der Waals surface area contributed by atoms with Crippen LogP contribution < -0.4 is 19.5 Å². The molecule has 5 nitrogen and oxygen atoms in total. The first-order chi connectivity index (χ1) is 12.5. The topological polar surface area (TPSA) is 56.8 Å². The van der Waals surface area contributed by atoms with E-state index in [9.17, 15) is 9.18 Å². The molecule has 26 heavy (non-hydrogen) atoms. The quantitative estimate of drug-likeness (QED) is 0.775. The van der Waals surface area contributed by atoms with Crippen molar-refractivity contribution in [2.45, 2.75) is 32.4 Å². The predicted molar refractivity (Wildman–Crippen MR) is 97.2 cm³/mol. The molecule has 6 heteroatoms. The Labute approximate surface area is 153 Å². The normalized spacial score (nSPS) is 12.8. The van der Waals surface area contributed by atoms with Gasteiger partial charge in [-0.25, -0.2) is 4.39 Å². The zero-order chi connectivity index (χ0) is 19.1. The van der Waals surface area contributed by atoms with Gasteiger partial charge in [-0.1, -0.05) is 6.92 Å². The Kier molecular flexibility index (Phi) is 6.83. The van der Waals surface area contributed by atoms with Crippen LogP contribution in [0.1, 0.15) is 31.9 Å². The lowest BCUT2D eigenvalue weighted by molar-refractivity contribution is -0.128. The fourth-order valence-corrected chi connectivity index (χ4v) is 2.56. The molecule has 2 atom stereocenters. The maximum Gasteiger partial charge on any atom is 0.261 e. The van der Waals surface area contributed by atoms with Crippen LogP contribution in [0.4, 0.5) is 4.39 Å². The number of hydrogen-bond donors (Lipinski definition) is 1. The Morgan fingerprint density at radius 1 is 1.08 bits per heavy atom. The molecule has 2 rings (SSSR count). The van der Waals surface area contributed by atoms with E-state index in [2.05, 4.69) is 5.32 Å². The first-order valence-electron chi connectivity index (χ1n) is 8.43. The summed E-state index contributed by atoms with van der Waals surface area (Å²) >= 11 is 0. The van der Waals surface area contributed by atoms with Gasteiger partial charge in [0.05, 0.1) is 20.3 Å². The minimum atomic E-state index is -0.681. The van der Waals surface area contributed by atoms with Crippen molar-refractivity contribution in [3.05, 3.63) is 53.8 Å². The number of halogens is 1. The zero-order valence-corrected chi connectivity index (χ0v) is 15.4. The molecular formula is C20H24FNO4. The molecule has 0 saturated heterocycles. The molecule has 140 valence electrons. The van der Waals surface area contributed by atoms with Crippen molar-refractivity contribution in [2.75, 3.05) is 14.2 Å². The highest BCUT2D eigenvalue weighted by Gasteiger charge is 2.22. The summed E-state index contributed by atoms with van der Waals surface area (Å²) < 4.78 is 29.3. The van der Waals surface area contributed by atoms with Crippen LogP contribution in [-0.2, 0) is 4.79 Å². The van der Waals surface area contributed by atoms with Crippen molar-refractivity contribution < 1.29 is 23.4 Å². The first-order valence-corrected chi connectivity index (χ1v) is 8.43. The highest BCUT2D eigenvalue weighted by molar-refractivity contribution is 5.81. The lowest BCUT2D eigenvalue weighted by Crippen LogP contribution is -2.39. The Bertz CT molecular complexity index is 733. The third-order valence-electron chi connectivity index (χ3n) is 4.02. The number of carbonyl (C=O) groups excluding carboxylic acids is 1. The molecule has 2 aromatic rings. The van der Waals surface area contributed by atoms with Crippen molar-refractivity contribution in [2.24, 2.45) is 0 Å². The number of hydrogen-bond acceptors (Lipinski definition) is 4. The second-order valence-electron chi connectivity index (χ2n) is 5.81. The molecular weight excluding hydrogens is 337 g/mol. The molecule has 0 bridgehead atoms. The molecule has 0 aromatic heterocycles. The van der Waals surface area contributed by atoms with E-state index in [1.807, 2.05) is 19.9 Å². The lowest BCUT2D eigenvalue weighted by atomic mass is 10.1. The molecule has 0 saturated carbocycles. The first kappa shape index (κ1) is 19.6. The maximum atomic E-state index is 13.0. The van der Waals surface area contributed by atoms with Gasteiger partial charge in [-0.2, -0.15) is 0 Å². The summed E-state index contributed by atoms with van der Waals surface area (Å²) in [5.41, 5.74) is 0.803. The summed E-state index contributed by atoms with van der Waals surface area (Å²) in [4.78, 5) is 12.6. The Balaban J connectivity index is 2.10. The Morgan fingerprint density at radius 3 is 2.31 bits per heavy atom. The van der Waals surface area contributed by atoms with Crippen LogP contribution in [0.3, 0.4) is 0 Å². The molecule has 0 unspecified atom stereocenters. The van der Waals surface area contributed by atoms with Crippen LogP contribution in [0.5, 0.6) is 17.2 Å². The molecule has 1 N–H and O–H groups in total. The molecule has 2 aromatic carbocycles. The van der Waals surface area contributed by atoms with Gasteiger partial charge in [-0.15, -0.1) is 0 Å². The SMILES string of the molecule is CC[C@H](Oc1ccc(F)cc1)C(=O)N[C@@H](C)c1cc(OC)ccc1OC. The molecule has 0 aliphatic rings. The fourth-order valence-electron chi connectivity index (χ4n) is 2.56. The van der Waals surface area contributed by atoms with E-state index in [0.29, 0.717) is 23.7 Å². The number of nitrogens with one attached hydrogen (secondary N) is 1. The monoisotopic (exact) mass is 361 g/mol. The van der Waals surface area contributed by atoms with Gasteiger partial charge in [0.2, 0.25) is 0 Å². The third-order valence-corrected chi connectivity index (χ3v) is 4.02. The van der Waals surface area contributed by atoms with Crippen molar-refractivity contribution in [3.63, 3.8) is 0 Å². The van der Waals surface area contributed by atoms with E-state index in [1.165, 1.54) is 24.3 Å². The molecule has 0 fully saturated rings. The second kappa shape index (κ2) is 9.08. The van der Waals surface area contributed by atoms with Crippen molar-refractivity contribution in [1.82, 2.24) is 5.32 Å². The van der Waals surface area contributed by atoms with Gasteiger partial charge in [0.25, 0.3) is 5.91 Å². The lowest BCUT2D eigenvalue weighted by Gasteiger charge is -2.22. The van der Waals surface area contributed by atoms with Crippen LogP contribution >= 0.6 is 0 Å². The number of carbonyl (C=O) groups is 1. The second-order valence-corrected chi connectivity index (χ2v) is 5.81. The number of rotatable bonds is 8. The fraction of sp³-hybridized carbons (Fsp3) is 0.350. The van der Waals surface area contributed by atoms with Gasteiger partial charge in [0.1, 0.15) is 23.1 Å². The van der Waals surface area contributed by atoms with Gasteiger partial charge in [0.15, 0.2) is 6.10 Å². The predicted octanol–water partition coefficient (Wildman–Crippen LogP) is 3.88. The van der Waals surface area contributed by atoms with Crippen LogP contribution in [0.25, 0.3) is 0 Å². The Morgan fingerprint density at radius 2 is 1.73 bits per heavy atom. The third kappa shape index (κ3) is 4.88. The zero-order valence-electron chi connectivity index (χ0n) is 15.4. The largest absolute Gasteiger partial charge is 0.497 e. The summed E-state index contributed by atoms with van der Waals surface area (Å²) in [5, 5.41) is 2.93. The molecule has 0 heterocycles. The van der Waals surface area contributed by atoms with Crippen LogP contribution in [0, 0.1) is 5.82 Å². The number of methoxy groups -OCH3 is 2. The summed E-state index contributed by atoms with van der Waals surface area (Å²) in [7, 11) is 3.16. The van der Waals surface area contributed by atoms with Gasteiger partial charge < -0.3 is 19.5 Å². The number of ether oxygens (including phenoxy) is 3. The van der Waals surface area contributed by atoms with Gasteiger partial charge in [0, 0.05) is 5.56 Å². The molecule has 0 radical (unpaired) electrons. The number of benzene rings is 2. The average molecular weight is 361 g/mol. The van der Waals surface area contributed by atoms with Crippen molar-refractivity contribution >= 4 is 5.91 Å². The van der Waals surface area contributed by atoms with E-state index < -0.39 is 6.10 Å². The number of amides is 1. The van der Waals surface area contributed by atoms with Crippen molar-refractivity contribution in [3.8, 4) is 17.2 Å². The van der Waals surface area contributed by atoms with Gasteiger partial charge in [-0.3, -0.25) is 4.79 Å². The summed E-state index contributed by atoms with van der Waals surface area (Å²) in [6, 6.07) is 10.7. The van der Waals surface area contributed by atoms with Gasteiger partial charge in [-0.05, 0) is 55.8 Å². The van der Waals surface area contributed by atoms with Crippen LogP contribution in [0.2, 0.25) is 0 Å². The van der Waals surface area contributed by atoms with E-state index in [-0.39, 0.29) is 17.8 Å². The standard InChI is InChI=1S/C20H24FNO4/c1-5-18(26-15-8-6-14(21)7-9-15)20(23)22-13(2)17-12-16(24-3)10-11-19(17)25-4/h6-13,18H,5H2,1-4H3,(H,22,23)/t13-,18-/m0/s1. The minimum Gasteiger partial charge on any atom is -0.497 e. The summed E-state index contributed by atoms with van der Waals surface area (Å²) in [5.74, 6) is 1.17. The highest BCUT2D eigenvalue weighted by Crippen LogP contribution is 2.29. The van der Waals surface area contributed by atoms with Crippen molar-refractivity contribution in [1.29, 1.82) is 0 Å². The molecule has 0 spiro atoms. The van der Waals surface area contributed by atoms with Crippen LogP contribution in [0.15, 0.2) is 42.5 Å². The van der Waals surface area contributed by atoms with Crippen LogP contribution in [-0.4, -0.2) is 26.2 Å². The molecule has 0 aliphatic heterocycles. The van der Waals surface area contributed by atoms with E-state index in [0.717, 1.165) is 5.56 Å². The van der Waals surface area contributed by atoms with E-state index >= 15 is 0 Å². The smallest absolute Gasteiger partial charge is 0.261 e.